The van der Waals surface area contributed by atoms with E-state index in [1.165, 1.54) is 25.7 Å². The minimum atomic E-state index is -2.34. The summed E-state index contributed by atoms with van der Waals surface area (Å²) in [6, 6.07) is 0.904. The molecular weight excluding hydrogens is 288 g/mol. The molecule has 0 fully saturated rings. The third-order valence-electron chi connectivity index (χ3n) is 3.16. The molecule has 0 amide bonds. The van der Waals surface area contributed by atoms with Crippen molar-refractivity contribution in [3.63, 3.8) is 0 Å². The first kappa shape index (κ1) is 22.1. The summed E-state index contributed by atoms with van der Waals surface area (Å²) in [5.74, 6) is 0. The molecule has 0 aliphatic rings. The minimum Gasteiger partial charge on any atom is -0.502 e. The minimum absolute atomic E-state index is 0. The van der Waals surface area contributed by atoms with Gasteiger partial charge in [-0.15, -0.1) is 0 Å². The van der Waals surface area contributed by atoms with Crippen molar-refractivity contribution in [2.45, 2.75) is 51.5 Å². The molecule has 4 nitrogen and oxygen atoms in total. The lowest BCUT2D eigenvalue weighted by molar-refractivity contribution is 0.122. The van der Waals surface area contributed by atoms with E-state index in [4.69, 9.17) is 18.0 Å². The highest BCUT2D eigenvalue weighted by Gasteiger charge is 2.36. The highest BCUT2D eigenvalue weighted by Crippen LogP contribution is 2.18. The largest absolute Gasteiger partial charge is 0.502 e. The van der Waals surface area contributed by atoms with Gasteiger partial charge in [0.1, 0.15) is 0 Å². The molecule has 122 valence electrons. The average Bonchev–Trinajstić information content (AvgIpc) is 2.46. The van der Waals surface area contributed by atoms with Gasteiger partial charge in [-0.05, 0) is 30.7 Å². The van der Waals surface area contributed by atoms with E-state index >= 15 is 0 Å². The summed E-state index contributed by atoms with van der Waals surface area (Å²) >= 11 is 0. The van der Waals surface area contributed by atoms with E-state index in [1.54, 1.807) is 27.6 Å². The Balaban J connectivity index is 0. The van der Waals surface area contributed by atoms with E-state index in [0.717, 1.165) is 25.5 Å². The van der Waals surface area contributed by atoms with Crippen LogP contribution in [-0.2, 0) is 18.0 Å². The van der Waals surface area contributed by atoms with E-state index in [-0.39, 0.29) is 11.0 Å². The van der Waals surface area contributed by atoms with Crippen molar-refractivity contribution in [2.75, 3.05) is 27.9 Å². The van der Waals surface area contributed by atoms with Crippen LogP contribution in [0.15, 0.2) is 12.3 Å². The van der Waals surface area contributed by atoms with Gasteiger partial charge in [0.05, 0.1) is 12.9 Å². The van der Waals surface area contributed by atoms with Crippen LogP contribution < -0.4 is 0 Å². The average molecular weight is 323 g/mol. The van der Waals surface area contributed by atoms with Crippen LogP contribution in [0.2, 0.25) is 6.04 Å². The van der Waals surface area contributed by atoms with Crippen LogP contribution in [0.4, 0.5) is 0 Å². The Hall–Kier alpha value is -0.146. The molecular formula is C14H34O4Si2. The first-order valence-electron chi connectivity index (χ1n) is 7.13. The number of hydrogen-bond donors (Lipinski definition) is 0. The Morgan fingerprint density at radius 3 is 1.80 bits per heavy atom. The molecule has 0 aliphatic carbocycles. The molecule has 0 spiro atoms. The van der Waals surface area contributed by atoms with Crippen LogP contribution in [0.3, 0.4) is 0 Å². The fourth-order valence-electron chi connectivity index (χ4n) is 1.95. The summed E-state index contributed by atoms with van der Waals surface area (Å²) in [6.07, 6.45) is 10.9. The van der Waals surface area contributed by atoms with Crippen molar-refractivity contribution in [3.05, 3.63) is 12.3 Å². The predicted molar refractivity (Wildman–Crippen MR) is 91.4 cm³/mol. The Labute approximate surface area is 130 Å². The van der Waals surface area contributed by atoms with Crippen LogP contribution in [0.25, 0.3) is 0 Å². The summed E-state index contributed by atoms with van der Waals surface area (Å²) in [7, 11) is 2.68. The summed E-state index contributed by atoms with van der Waals surface area (Å²) in [5, 5.41) is 0. The SMILES string of the molecule is CC=COCCCCCCCC[Si](OC)(OC)OC.[SiH4]. The van der Waals surface area contributed by atoms with Crippen LogP contribution in [-0.4, -0.2) is 47.7 Å². The van der Waals surface area contributed by atoms with Crippen LogP contribution >= 0.6 is 0 Å². The van der Waals surface area contributed by atoms with Gasteiger partial charge in [0.15, 0.2) is 0 Å². The van der Waals surface area contributed by atoms with Gasteiger partial charge in [-0.25, -0.2) is 0 Å². The molecule has 6 heteroatoms. The molecule has 0 aliphatic heterocycles. The predicted octanol–water partition coefficient (Wildman–Crippen LogP) is 2.30. The van der Waals surface area contributed by atoms with Gasteiger partial charge in [-0.3, -0.25) is 0 Å². The molecule has 0 N–H and O–H groups in total. The number of ether oxygens (including phenoxy) is 1. The number of unbranched alkanes of at least 4 members (excludes halogenated alkanes) is 5. The topological polar surface area (TPSA) is 36.9 Å². The van der Waals surface area contributed by atoms with Crippen molar-refractivity contribution < 1.29 is 18.0 Å². The lowest BCUT2D eigenvalue weighted by Crippen LogP contribution is -2.42. The number of allylic oxidation sites excluding steroid dienone is 1. The maximum Gasteiger partial charge on any atom is 0.500 e. The van der Waals surface area contributed by atoms with E-state index in [2.05, 4.69) is 0 Å². The maximum absolute atomic E-state index is 5.39. The molecule has 20 heavy (non-hydrogen) atoms. The van der Waals surface area contributed by atoms with E-state index in [9.17, 15) is 0 Å². The van der Waals surface area contributed by atoms with Gasteiger partial charge in [0, 0.05) is 27.4 Å². The van der Waals surface area contributed by atoms with Gasteiger partial charge >= 0.3 is 8.80 Å². The number of rotatable bonds is 13. The van der Waals surface area contributed by atoms with Crippen molar-refractivity contribution >= 4 is 19.8 Å². The Bertz CT molecular complexity index is 213. The van der Waals surface area contributed by atoms with Gasteiger partial charge < -0.3 is 18.0 Å². The summed E-state index contributed by atoms with van der Waals surface area (Å²) < 4.78 is 21.4. The molecule has 0 saturated carbocycles. The second-order valence-corrected chi connectivity index (χ2v) is 7.60. The summed E-state index contributed by atoms with van der Waals surface area (Å²) in [6.45, 7) is 2.79. The molecule has 0 aromatic rings. The molecule has 0 rings (SSSR count). The van der Waals surface area contributed by atoms with Gasteiger partial charge in [-0.2, -0.15) is 0 Å². The number of hydrogen-bond acceptors (Lipinski definition) is 4. The molecule has 0 aromatic carbocycles. The molecule has 0 aromatic heterocycles. The smallest absolute Gasteiger partial charge is 0.500 e. The Morgan fingerprint density at radius 1 is 0.800 bits per heavy atom. The van der Waals surface area contributed by atoms with E-state index in [0.29, 0.717) is 0 Å². The molecule has 0 saturated heterocycles. The summed E-state index contributed by atoms with van der Waals surface area (Å²) in [4.78, 5) is 0. The van der Waals surface area contributed by atoms with E-state index < -0.39 is 8.80 Å². The zero-order valence-electron chi connectivity index (χ0n) is 12.9. The monoisotopic (exact) mass is 322 g/mol. The molecule has 0 unspecified atom stereocenters. The standard InChI is InChI=1S/C14H30O4Si.H4Si/c1-5-12-18-13-10-8-6-7-9-11-14-19(15-2,16-3)17-4;/h5,12H,6-11,13-14H2,1-4H3;1H4. The van der Waals surface area contributed by atoms with Gasteiger partial charge in [0.25, 0.3) is 0 Å². The molecule has 0 radical (unpaired) electrons. The highest BCUT2D eigenvalue weighted by atomic mass is 28.4. The summed E-state index contributed by atoms with van der Waals surface area (Å²) in [5.41, 5.74) is 0. The van der Waals surface area contributed by atoms with Crippen LogP contribution in [0.5, 0.6) is 0 Å². The molecule has 0 atom stereocenters. The highest BCUT2D eigenvalue weighted by molar-refractivity contribution is 6.60. The van der Waals surface area contributed by atoms with Gasteiger partial charge in [0.2, 0.25) is 0 Å². The molecule has 0 bridgehead atoms. The first-order valence-corrected chi connectivity index (χ1v) is 9.06. The van der Waals surface area contributed by atoms with Gasteiger partial charge in [-0.1, -0.05) is 31.8 Å². The zero-order valence-corrected chi connectivity index (χ0v) is 13.9. The van der Waals surface area contributed by atoms with Crippen molar-refractivity contribution in [1.82, 2.24) is 0 Å². The second-order valence-electron chi connectivity index (χ2n) is 4.51. The van der Waals surface area contributed by atoms with Crippen molar-refractivity contribution in [3.8, 4) is 0 Å². The van der Waals surface area contributed by atoms with Crippen molar-refractivity contribution in [2.24, 2.45) is 0 Å². The van der Waals surface area contributed by atoms with Crippen LogP contribution in [0.1, 0.15) is 45.4 Å². The first-order chi connectivity index (χ1) is 9.24. The third kappa shape index (κ3) is 10.6. The lowest BCUT2D eigenvalue weighted by Gasteiger charge is -2.24. The van der Waals surface area contributed by atoms with Crippen molar-refractivity contribution in [1.29, 1.82) is 0 Å². The quantitative estimate of drug-likeness (QED) is 0.296. The zero-order chi connectivity index (χ0) is 14.4. The Morgan fingerprint density at radius 2 is 1.30 bits per heavy atom. The normalized spacial score (nSPS) is 11.6. The third-order valence-corrected chi connectivity index (χ3v) is 5.99. The Kier molecular flexibility index (Phi) is 16.9. The molecule has 0 heterocycles. The van der Waals surface area contributed by atoms with Crippen LogP contribution in [0, 0.1) is 0 Å². The maximum atomic E-state index is 5.39. The fraction of sp³-hybridized carbons (Fsp3) is 0.857. The fourth-order valence-corrected chi connectivity index (χ4v) is 3.75. The van der Waals surface area contributed by atoms with E-state index in [1.807, 2.05) is 13.0 Å². The lowest BCUT2D eigenvalue weighted by atomic mass is 10.1. The second kappa shape index (κ2) is 15.2.